The number of hydrogen-bond donors (Lipinski definition) is 1. The van der Waals surface area contributed by atoms with Crippen LogP contribution in [0.4, 0.5) is 10.1 Å². The van der Waals surface area contributed by atoms with Gasteiger partial charge in [0.05, 0.1) is 18.9 Å². The number of fused-ring (bicyclic) bond motifs is 1. The summed E-state index contributed by atoms with van der Waals surface area (Å²) in [4.78, 5) is 29.4. The molecule has 2 heterocycles. The second-order valence-corrected chi connectivity index (χ2v) is 6.63. The van der Waals surface area contributed by atoms with Crippen molar-refractivity contribution in [2.75, 3.05) is 19.0 Å². The third-order valence-corrected chi connectivity index (χ3v) is 4.99. The van der Waals surface area contributed by atoms with E-state index in [4.69, 9.17) is 16.3 Å². The fourth-order valence-corrected chi connectivity index (χ4v) is 3.48. The van der Waals surface area contributed by atoms with Crippen LogP contribution in [0.25, 0.3) is 0 Å². The second kappa shape index (κ2) is 7.03. The quantitative estimate of drug-likeness (QED) is 0.638. The lowest BCUT2D eigenvalue weighted by Crippen LogP contribution is -2.41. The monoisotopic (exact) mass is 376 g/mol. The second-order valence-electron chi connectivity index (χ2n) is 6.19. The van der Waals surface area contributed by atoms with Crippen LogP contribution >= 0.6 is 11.6 Å². The maximum absolute atomic E-state index is 14.8. The maximum Gasteiger partial charge on any atom is 0.306 e. The first-order chi connectivity index (χ1) is 12.4. The van der Waals surface area contributed by atoms with Gasteiger partial charge in [-0.1, -0.05) is 18.5 Å². The Labute approximate surface area is 155 Å². The number of aryl methyl sites for hydroxylation is 1. The first-order valence-corrected chi connectivity index (χ1v) is 8.59. The Balaban J connectivity index is 2.17. The molecule has 1 aromatic carbocycles. The van der Waals surface area contributed by atoms with Gasteiger partial charge in [0.1, 0.15) is 5.69 Å². The topological polar surface area (TPSA) is 68.3 Å². The highest BCUT2D eigenvalue weighted by atomic mass is 35.5. The van der Waals surface area contributed by atoms with Gasteiger partial charge in [0, 0.05) is 23.5 Å². The van der Waals surface area contributed by atoms with E-state index in [9.17, 15) is 14.0 Å². The van der Waals surface area contributed by atoms with Crippen LogP contribution in [0.3, 0.4) is 0 Å². The summed E-state index contributed by atoms with van der Waals surface area (Å²) in [7, 11) is 1.25. The SMILES string of the molecule is CCc1ccnc(C(=O)C2(CC(=O)OC)CNc3ccc(Cl)cc32)c1F. The van der Waals surface area contributed by atoms with Crippen molar-refractivity contribution in [1.82, 2.24) is 4.98 Å². The van der Waals surface area contributed by atoms with Crippen molar-refractivity contribution in [3.8, 4) is 0 Å². The molecular formula is C19H18ClFN2O3. The molecule has 136 valence electrons. The molecule has 0 fully saturated rings. The van der Waals surface area contributed by atoms with E-state index in [-0.39, 0.29) is 18.7 Å². The first kappa shape index (κ1) is 18.3. The molecule has 7 heteroatoms. The van der Waals surface area contributed by atoms with Gasteiger partial charge < -0.3 is 10.1 Å². The highest BCUT2D eigenvalue weighted by molar-refractivity contribution is 6.30. The van der Waals surface area contributed by atoms with Crippen LogP contribution in [0, 0.1) is 5.82 Å². The number of benzene rings is 1. The fourth-order valence-electron chi connectivity index (χ4n) is 3.31. The summed E-state index contributed by atoms with van der Waals surface area (Å²) in [6, 6.07) is 6.58. The highest BCUT2D eigenvalue weighted by Crippen LogP contribution is 2.43. The molecule has 0 amide bonds. The smallest absolute Gasteiger partial charge is 0.306 e. The summed E-state index contributed by atoms with van der Waals surface area (Å²) in [5.74, 6) is -1.79. The van der Waals surface area contributed by atoms with Crippen molar-refractivity contribution >= 4 is 29.0 Å². The van der Waals surface area contributed by atoms with Gasteiger partial charge in [-0.25, -0.2) is 9.37 Å². The number of nitrogens with zero attached hydrogens (tertiary/aromatic N) is 1. The summed E-state index contributed by atoms with van der Waals surface area (Å²) in [5.41, 5.74) is 0.0204. The number of halogens is 2. The Morgan fingerprint density at radius 3 is 2.85 bits per heavy atom. The summed E-state index contributed by atoms with van der Waals surface area (Å²) >= 11 is 6.11. The molecule has 1 N–H and O–H groups in total. The Morgan fingerprint density at radius 2 is 2.15 bits per heavy atom. The van der Waals surface area contributed by atoms with E-state index < -0.39 is 23.0 Å². The molecule has 0 saturated heterocycles. The van der Waals surface area contributed by atoms with Crippen LogP contribution in [0.2, 0.25) is 5.02 Å². The number of esters is 1. The number of nitrogens with one attached hydrogen (secondary N) is 1. The third kappa shape index (κ3) is 2.94. The average molecular weight is 377 g/mol. The van der Waals surface area contributed by atoms with Crippen molar-refractivity contribution in [3.05, 3.63) is 58.1 Å². The highest BCUT2D eigenvalue weighted by Gasteiger charge is 2.49. The molecule has 3 rings (SSSR count). The number of anilines is 1. The van der Waals surface area contributed by atoms with Crippen LogP contribution < -0.4 is 5.32 Å². The van der Waals surface area contributed by atoms with Gasteiger partial charge in [-0.15, -0.1) is 0 Å². The van der Waals surface area contributed by atoms with Crippen molar-refractivity contribution in [3.63, 3.8) is 0 Å². The minimum Gasteiger partial charge on any atom is -0.469 e. The van der Waals surface area contributed by atoms with Crippen LogP contribution in [0.15, 0.2) is 30.5 Å². The molecule has 1 unspecified atom stereocenters. The molecule has 1 aliphatic heterocycles. The zero-order valence-corrected chi connectivity index (χ0v) is 15.2. The van der Waals surface area contributed by atoms with Gasteiger partial charge in [-0.2, -0.15) is 0 Å². The van der Waals surface area contributed by atoms with Gasteiger partial charge in [-0.3, -0.25) is 9.59 Å². The van der Waals surface area contributed by atoms with Crippen molar-refractivity contribution in [2.45, 2.75) is 25.2 Å². The summed E-state index contributed by atoms with van der Waals surface area (Å²) in [6.07, 6.45) is 1.60. The number of hydrogen-bond acceptors (Lipinski definition) is 5. The minimum atomic E-state index is -1.33. The molecule has 0 bridgehead atoms. The van der Waals surface area contributed by atoms with Gasteiger partial charge in [0.15, 0.2) is 11.6 Å². The number of carbonyl (C=O) groups is 2. The number of ketones is 1. The van der Waals surface area contributed by atoms with E-state index in [0.29, 0.717) is 28.3 Å². The van der Waals surface area contributed by atoms with Crippen LogP contribution in [0.5, 0.6) is 0 Å². The van der Waals surface area contributed by atoms with E-state index in [0.717, 1.165) is 0 Å². The molecule has 0 aliphatic carbocycles. The largest absolute Gasteiger partial charge is 0.469 e. The fraction of sp³-hybridized carbons (Fsp3) is 0.316. The Bertz CT molecular complexity index is 887. The normalized spacial score (nSPS) is 18.2. The van der Waals surface area contributed by atoms with Gasteiger partial charge in [0.2, 0.25) is 0 Å². The zero-order valence-electron chi connectivity index (χ0n) is 14.4. The van der Waals surface area contributed by atoms with E-state index in [1.165, 1.54) is 19.4 Å². The van der Waals surface area contributed by atoms with Crippen molar-refractivity contribution < 1.29 is 18.7 Å². The standard InChI is InChI=1S/C19H18ClFN2O3/c1-3-11-6-7-22-17(16(11)21)18(25)19(9-15(24)26-2)10-23-14-5-4-12(20)8-13(14)19/h4-8,23H,3,9-10H2,1-2H3. The van der Waals surface area contributed by atoms with E-state index >= 15 is 0 Å². The lowest BCUT2D eigenvalue weighted by atomic mass is 9.74. The Kier molecular flexibility index (Phi) is 4.96. The number of aromatic nitrogens is 1. The number of methoxy groups -OCH3 is 1. The van der Waals surface area contributed by atoms with Crippen molar-refractivity contribution in [1.29, 1.82) is 0 Å². The third-order valence-electron chi connectivity index (χ3n) is 4.75. The summed E-state index contributed by atoms with van der Waals surface area (Å²) < 4.78 is 19.6. The Morgan fingerprint density at radius 1 is 1.38 bits per heavy atom. The number of carbonyl (C=O) groups excluding carboxylic acids is 2. The molecule has 0 saturated carbocycles. The van der Waals surface area contributed by atoms with Crippen LogP contribution in [0.1, 0.15) is 35.0 Å². The number of ether oxygens (including phenoxy) is 1. The predicted molar refractivity (Wildman–Crippen MR) is 96.2 cm³/mol. The van der Waals surface area contributed by atoms with Crippen LogP contribution in [-0.4, -0.2) is 30.4 Å². The average Bonchev–Trinajstić information content (AvgIpc) is 3.00. The molecule has 0 spiro atoms. The molecule has 2 aromatic rings. The molecular weight excluding hydrogens is 359 g/mol. The van der Waals surface area contributed by atoms with Gasteiger partial charge >= 0.3 is 5.97 Å². The van der Waals surface area contributed by atoms with Crippen LogP contribution in [-0.2, 0) is 21.4 Å². The number of pyridine rings is 1. The molecule has 0 radical (unpaired) electrons. The number of rotatable bonds is 5. The summed E-state index contributed by atoms with van der Waals surface area (Å²) in [5, 5.41) is 3.53. The molecule has 26 heavy (non-hydrogen) atoms. The molecule has 5 nitrogen and oxygen atoms in total. The van der Waals surface area contributed by atoms with Gasteiger partial charge in [-0.05, 0) is 41.8 Å². The van der Waals surface area contributed by atoms with E-state index in [2.05, 4.69) is 10.3 Å². The van der Waals surface area contributed by atoms with Gasteiger partial charge in [0.25, 0.3) is 0 Å². The van der Waals surface area contributed by atoms with Crippen molar-refractivity contribution in [2.24, 2.45) is 0 Å². The van der Waals surface area contributed by atoms with E-state index in [1.54, 1.807) is 25.1 Å². The predicted octanol–water partition coefficient (Wildman–Crippen LogP) is 3.55. The molecule has 1 atom stereocenters. The number of Topliss-reactive ketones (excluding diaryl/α,β-unsaturated/α-hetero) is 1. The Hall–Kier alpha value is -2.47. The molecule has 1 aliphatic rings. The molecule has 1 aromatic heterocycles. The zero-order chi connectivity index (χ0) is 18.9. The maximum atomic E-state index is 14.8. The lowest BCUT2D eigenvalue weighted by Gasteiger charge is -2.26. The van der Waals surface area contributed by atoms with E-state index in [1.807, 2.05) is 0 Å². The minimum absolute atomic E-state index is 0.133. The lowest BCUT2D eigenvalue weighted by molar-refractivity contribution is -0.141. The summed E-state index contributed by atoms with van der Waals surface area (Å²) in [6.45, 7) is 1.93. The first-order valence-electron chi connectivity index (χ1n) is 8.22.